The predicted molar refractivity (Wildman–Crippen MR) is 154 cm³/mol. The molecule has 7 heteroatoms. The summed E-state index contributed by atoms with van der Waals surface area (Å²) in [5.74, 6) is 0.557. The van der Waals surface area contributed by atoms with E-state index in [1.54, 1.807) is 62.7 Å². The second-order valence-electron chi connectivity index (χ2n) is 11.0. The van der Waals surface area contributed by atoms with Gasteiger partial charge < -0.3 is 9.47 Å². The van der Waals surface area contributed by atoms with Gasteiger partial charge in [0.05, 0.1) is 0 Å². The molecule has 0 spiro atoms. The van der Waals surface area contributed by atoms with Crippen LogP contribution < -0.4 is 15.2 Å². The van der Waals surface area contributed by atoms with Crippen LogP contribution in [0.3, 0.4) is 0 Å². The Hall–Kier alpha value is -4.13. The number of anilines is 1. The van der Waals surface area contributed by atoms with Crippen LogP contribution in [0.2, 0.25) is 0 Å². The Kier molecular flexibility index (Phi) is 8.09. The average molecular weight is 531 g/mol. The highest BCUT2D eigenvalue weighted by Crippen LogP contribution is 2.38. The molecule has 1 heterocycles. The van der Waals surface area contributed by atoms with Gasteiger partial charge in [-0.2, -0.15) is 0 Å². The highest BCUT2D eigenvalue weighted by Gasteiger charge is 2.28. The third kappa shape index (κ3) is 6.48. The van der Waals surface area contributed by atoms with Crippen molar-refractivity contribution < 1.29 is 18.7 Å². The van der Waals surface area contributed by atoms with Gasteiger partial charge in [0.1, 0.15) is 29.6 Å². The molecular weight excluding hydrogens is 495 g/mol. The summed E-state index contributed by atoms with van der Waals surface area (Å²) in [6.07, 6.45) is -0.618. The summed E-state index contributed by atoms with van der Waals surface area (Å²) in [4.78, 5) is 28.6. The molecule has 1 aromatic heterocycles. The number of hydrogen-bond donors (Lipinski definition) is 0. The number of carbonyl (C=O) groups is 1. The van der Waals surface area contributed by atoms with E-state index in [4.69, 9.17) is 9.47 Å². The topological polar surface area (TPSA) is 60.8 Å². The molecule has 0 aliphatic carbocycles. The molecule has 39 heavy (non-hydrogen) atoms. The van der Waals surface area contributed by atoms with Crippen molar-refractivity contribution in [3.8, 4) is 16.9 Å². The van der Waals surface area contributed by atoms with Gasteiger partial charge in [0.15, 0.2) is 0 Å². The fourth-order valence-corrected chi connectivity index (χ4v) is 4.47. The number of amides is 1. The van der Waals surface area contributed by atoms with Gasteiger partial charge in [-0.05, 0) is 68.1 Å². The maximum atomic E-state index is 14.5. The van der Waals surface area contributed by atoms with E-state index in [0.29, 0.717) is 46.6 Å². The van der Waals surface area contributed by atoms with Crippen LogP contribution in [-0.2, 0) is 17.9 Å². The van der Waals surface area contributed by atoms with Crippen LogP contribution in [0.5, 0.6) is 5.75 Å². The lowest BCUT2D eigenvalue weighted by molar-refractivity contribution is 0.0587. The fourth-order valence-electron chi connectivity index (χ4n) is 4.47. The van der Waals surface area contributed by atoms with E-state index in [-0.39, 0.29) is 11.5 Å². The van der Waals surface area contributed by atoms with Gasteiger partial charge in [0.25, 0.3) is 5.56 Å². The Balaban J connectivity index is 1.99. The summed E-state index contributed by atoms with van der Waals surface area (Å²) in [6.45, 7) is 10.0. The number of aromatic nitrogens is 1. The monoisotopic (exact) mass is 530 g/mol. The maximum absolute atomic E-state index is 14.5. The second kappa shape index (κ2) is 11.3. The normalized spacial score (nSPS) is 11.6. The van der Waals surface area contributed by atoms with Gasteiger partial charge in [-0.25, -0.2) is 9.18 Å². The van der Waals surface area contributed by atoms with Crippen molar-refractivity contribution in [1.29, 1.82) is 0 Å². The zero-order chi connectivity index (χ0) is 28.3. The van der Waals surface area contributed by atoms with Crippen LogP contribution in [0.15, 0.2) is 77.6 Å². The molecule has 6 nitrogen and oxygen atoms in total. The quantitative estimate of drug-likeness (QED) is 0.250. The van der Waals surface area contributed by atoms with Gasteiger partial charge in [-0.1, -0.05) is 56.3 Å². The summed E-state index contributed by atoms with van der Waals surface area (Å²) in [5.41, 5.74) is 1.08. The minimum Gasteiger partial charge on any atom is -0.489 e. The van der Waals surface area contributed by atoms with E-state index in [9.17, 15) is 14.0 Å². The van der Waals surface area contributed by atoms with Crippen LogP contribution in [0.1, 0.15) is 40.2 Å². The fraction of sp³-hybridized carbons (Fsp3) is 0.312. The number of halogens is 1. The van der Waals surface area contributed by atoms with E-state index in [1.165, 1.54) is 17.0 Å². The number of benzene rings is 3. The van der Waals surface area contributed by atoms with Crippen molar-refractivity contribution in [2.24, 2.45) is 5.92 Å². The van der Waals surface area contributed by atoms with Gasteiger partial charge in [-0.3, -0.25) is 14.3 Å². The molecule has 3 aromatic carbocycles. The van der Waals surface area contributed by atoms with E-state index in [2.05, 4.69) is 0 Å². The Morgan fingerprint density at radius 1 is 0.974 bits per heavy atom. The standard InChI is InChI=1S/C32H35FN2O4/c1-21(2)19-35-29(34(6)31(37)39-32(3,4)5)28(23-13-10-14-24(33)17-23)27-18-25(15-16-26(27)30(35)36)38-20-22-11-8-7-9-12-22/h7-18,21H,19-20H2,1-6H3. The summed E-state index contributed by atoms with van der Waals surface area (Å²) in [6, 6.07) is 21.2. The van der Waals surface area contributed by atoms with Crippen LogP contribution in [-0.4, -0.2) is 23.3 Å². The molecule has 0 atom stereocenters. The molecular formula is C32H35FN2O4. The molecule has 0 saturated heterocycles. The van der Waals surface area contributed by atoms with E-state index < -0.39 is 17.5 Å². The van der Waals surface area contributed by atoms with Crippen molar-refractivity contribution in [3.63, 3.8) is 0 Å². The van der Waals surface area contributed by atoms with Crippen LogP contribution >= 0.6 is 0 Å². The van der Waals surface area contributed by atoms with Crippen molar-refractivity contribution in [2.75, 3.05) is 11.9 Å². The summed E-state index contributed by atoms with van der Waals surface area (Å²) in [5, 5.41) is 1.00. The highest BCUT2D eigenvalue weighted by atomic mass is 19.1. The number of carbonyl (C=O) groups excluding carboxylic acids is 1. The van der Waals surface area contributed by atoms with Crippen LogP contribution in [0.4, 0.5) is 15.0 Å². The molecule has 4 rings (SSSR count). The zero-order valence-electron chi connectivity index (χ0n) is 23.3. The van der Waals surface area contributed by atoms with E-state index >= 15 is 0 Å². The first-order chi connectivity index (χ1) is 18.4. The summed E-state index contributed by atoms with van der Waals surface area (Å²) < 4.78 is 27.9. The van der Waals surface area contributed by atoms with E-state index in [1.807, 2.05) is 44.2 Å². The molecule has 1 amide bonds. The molecule has 0 radical (unpaired) electrons. The van der Waals surface area contributed by atoms with Crippen molar-refractivity contribution in [3.05, 3.63) is 94.5 Å². The molecule has 0 saturated carbocycles. The van der Waals surface area contributed by atoms with Gasteiger partial charge >= 0.3 is 6.09 Å². The average Bonchev–Trinajstić information content (AvgIpc) is 2.87. The van der Waals surface area contributed by atoms with Crippen molar-refractivity contribution in [2.45, 2.75) is 53.4 Å². The minimum atomic E-state index is -0.747. The maximum Gasteiger partial charge on any atom is 0.415 e. The lowest BCUT2D eigenvalue weighted by Gasteiger charge is -2.29. The van der Waals surface area contributed by atoms with Gasteiger partial charge in [0.2, 0.25) is 0 Å². The second-order valence-corrected chi connectivity index (χ2v) is 11.0. The molecule has 0 bridgehead atoms. The van der Waals surface area contributed by atoms with Crippen molar-refractivity contribution in [1.82, 2.24) is 4.57 Å². The van der Waals surface area contributed by atoms with E-state index in [0.717, 1.165) is 5.56 Å². The smallest absolute Gasteiger partial charge is 0.415 e. The molecule has 4 aromatic rings. The first kappa shape index (κ1) is 27.9. The molecule has 0 fully saturated rings. The Morgan fingerprint density at radius 3 is 2.33 bits per heavy atom. The summed E-state index contributed by atoms with van der Waals surface area (Å²) >= 11 is 0. The number of fused-ring (bicyclic) bond motifs is 1. The predicted octanol–water partition coefficient (Wildman–Crippen LogP) is 7.41. The lowest BCUT2D eigenvalue weighted by atomic mass is 9.98. The molecule has 0 N–H and O–H groups in total. The number of pyridine rings is 1. The number of nitrogens with zero attached hydrogens (tertiary/aromatic N) is 2. The number of ether oxygens (including phenoxy) is 2. The lowest BCUT2D eigenvalue weighted by Crippen LogP contribution is -2.38. The first-order valence-electron chi connectivity index (χ1n) is 13.0. The third-order valence-electron chi connectivity index (χ3n) is 6.11. The van der Waals surface area contributed by atoms with Crippen LogP contribution in [0, 0.1) is 11.7 Å². The third-order valence-corrected chi connectivity index (χ3v) is 6.11. The zero-order valence-corrected chi connectivity index (χ0v) is 23.3. The SMILES string of the molecule is CC(C)Cn1c(N(C)C(=O)OC(C)(C)C)c(-c2cccc(F)c2)c2cc(OCc3ccccc3)ccc2c1=O. The molecule has 204 valence electrons. The van der Waals surface area contributed by atoms with Crippen LogP contribution in [0.25, 0.3) is 21.9 Å². The number of rotatable bonds is 7. The molecule has 0 aliphatic heterocycles. The van der Waals surface area contributed by atoms with Gasteiger partial charge in [-0.15, -0.1) is 0 Å². The first-order valence-corrected chi connectivity index (χ1v) is 13.0. The number of hydrogen-bond acceptors (Lipinski definition) is 4. The largest absolute Gasteiger partial charge is 0.489 e. The van der Waals surface area contributed by atoms with Gasteiger partial charge in [0, 0.05) is 29.9 Å². The summed E-state index contributed by atoms with van der Waals surface area (Å²) in [7, 11) is 1.57. The molecule has 0 unspecified atom stereocenters. The van der Waals surface area contributed by atoms with Crippen molar-refractivity contribution >= 4 is 22.7 Å². The Bertz CT molecular complexity index is 1540. The highest BCUT2D eigenvalue weighted by molar-refractivity contribution is 6.05. The minimum absolute atomic E-state index is 0.0970. The Labute approximate surface area is 228 Å². The Morgan fingerprint density at radius 2 is 1.69 bits per heavy atom. The molecule has 0 aliphatic rings.